The molecule has 4 heteroatoms. The van der Waals surface area contributed by atoms with Gasteiger partial charge in [-0.05, 0) is 57.7 Å². The highest BCUT2D eigenvalue weighted by molar-refractivity contribution is 5.85. The summed E-state index contributed by atoms with van der Waals surface area (Å²) in [6.45, 7) is 6.00. The molecule has 1 aromatic rings. The molecule has 0 spiro atoms. The number of phenols is 1. The maximum Gasteiger partial charge on any atom is 0.120 e. The van der Waals surface area contributed by atoms with Gasteiger partial charge >= 0.3 is 0 Å². The minimum atomic E-state index is -0.238. The molecule has 1 aliphatic carbocycles. The van der Waals surface area contributed by atoms with Crippen molar-refractivity contribution in [2.24, 2.45) is 11.7 Å². The zero-order valence-electron chi connectivity index (χ0n) is 11.1. The normalized spacial score (nSPS) is 16.9. The summed E-state index contributed by atoms with van der Waals surface area (Å²) in [5.74, 6) is 1.55. The van der Waals surface area contributed by atoms with E-state index >= 15 is 0 Å². The lowest BCUT2D eigenvalue weighted by Crippen LogP contribution is -2.23. The summed E-state index contributed by atoms with van der Waals surface area (Å²) in [6, 6.07) is 5.24. The van der Waals surface area contributed by atoms with Gasteiger partial charge in [0.2, 0.25) is 0 Å². The van der Waals surface area contributed by atoms with Crippen molar-refractivity contribution in [2.75, 3.05) is 0 Å². The minimum Gasteiger partial charge on any atom is -0.508 e. The number of ether oxygens (including phenoxy) is 1. The summed E-state index contributed by atoms with van der Waals surface area (Å²) in [4.78, 5) is 0. The number of phenolic OH excluding ortho intramolecular Hbond substituents is 1. The molecule has 2 rings (SSSR count). The van der Waals surface area contributed by atoms with Gasteiger partial charge in [0.15, 0.2) is 0 Å². The van der Waals surface area contributed by atoms with E-state index in [-0.39, 0.29) is 29.8 Å². The van der Waals surface area contributed by atoms with Crippen molar-refractivity contribution in [2.45, 2.75) is 45.3 Å². The molecule has 3 nitrogen and oxygen atoms in total. The number of halogens is 1. The molecule has 0 saturated heterocycles. The number of rotatable bonds is 3. The highest BCUT2D eigenvalue weighted by Crippen LogP contribution is 2.42. The summed E-state index contributed by atoms with van der Waals surface area (Å²) < 4.78 is 5.78. The van der Waals surface area contributed by atoms with Crippen LogP contribution in [0.1, 0.15) is 45.2 Å². The lowest BCUT2D eigenvalue weighted by Gasteiger charge is -2.22. The van der Waals surface area contributed by atoms with Crippen LogP contribution < -0.4 is 10.5 Å². The first kappa shape index (κ1) is 15.1. The number of hydrogen-bond donors (Lipinski definition) is 2. The van der Waals surface area contributed by atoms with E-state index in [2.05, 4.69) is 0 Å². The van der Waals surface area contributed by atoms with Crippen LogP contribution in [-0.4, -0.2) is 10.7 Å². The van der Waals surface area contributed by atoms with Crippen molar-refractivity contribution in [3.63, 3.8) is 0 Å². The average molecular weight is 272 g/mol. The van der Waals surface area contributed by atoms with E-state index in [0.29, 0.717) is 5.92 Å². The molecule has 1 atom stereocenters. The molecule has 18 heavy (non-hydrogen) atoms. The van der Waals surface area contributed by atoms with E-state index in [1.807, 2.05) is 26.8 Å². The van der Waals surface area contributed by atoms with Crippen molar-refractivity contribution in [1.29, 1.82) is 0 Å². The summed E-state index contributed by atoms with van der Waals surface area (Å²) in [7, 11) is 0. The first-order valence-electron chi connectivity index (χ1n) is 6.14. The Hall–Kier alpha value is -0.930. The molecular formula is C14H22ClNO2. The maximum absolute atomic E-state index is 9.84. The largest absolute Gasteiger partial charge is 0.508 e. The monoisotopic (exact) mass is 271 g/mol. The van der Waals surface area contributed by atoms with Gasteiger partial charge in [0, 0.05) is 11.6 Å². The fourth-order valence-corrected chi connectivity index (χ4v) is 1.93. The summed E-state index contributed by atoms with van der Waals surface area (Å²) in [5.41, 5.74) is 6.68. The van der Waals surface area contributed by atoms with Gasteiger partial charge in [-0.15, -0.1) is 12.4 Å². The Labute approximate surface area is 115 Å². The second-order valence-corrected chi connectivity index (χ2v) is 5.80. The van der Waals surface area contributed by atoms with Gasteiger partial charge < -0.3 is 15.6 Å². The van der Waals surface area contributed by atoms with Crippen LogP contribution in [0.4, 0.5) is 0 Å². The van der Waals surface area contributed by atoms with E-state index in [1.165, 1.54) is 0 Å². The van der Waals surface area contributed by atoms with Gasteiger partial charge in [-0.3, -0.25) is 0 Å². The maximum atomic E-state index is 9.84. The van der Waals surface area contributed by atoms with E-state index in [1.54, 1.807) is 12.1 Å². The van der Waals surface area contributed by atoms with Crippen LogP contribution in [0.25, 0.3) is 0 Å². The summed E-state index contributed by atoms with van der Waals surface area (Å²) in [6.07, 6.45) is 2.32. The van der Waals surface area contributed by atoms with Crippen LogP contribution >= 0.6 is 12.4 Å². The minimum absolute atomic E-state index is 0. The molecule has 1 aliphatic rings. The Kier molecular flexibility index (Phi) is 4.51. The molecule has 0 amide bonds. The number of nitrogens with two attached hydrogens (primary N) is 1. The zero-order chi connectivity index (χ0) is 12.6. The molecule has 1 aromatic carbocycles. The van der Waals surface area contributed by atoms with Crippen LogP contribution in [0.15, 0.2) is 18.2 Å². The van der Waals surface area contributed by atoms with Gasteiger partial charge in [-0.25, -0.2) is 0 Å². The molecule has 1 fully saturated rings. The quantitative estimate of drug-likeness (QED) is 0.886. The first-order valence-corrected chi connectivity index (χ1v) is 6.14. The second kappa shape index (κ2) is 5.37. The molecule has 0 radical (unpaired) electrons. The lowest BCUT2D eigenvalue weighted by atomic mass is 10.0. The Balaban J connectivity index is 0.00000162. The number of benzene rings is 1. The van der Waals surface area contributed by atoms with Gasteiger partial charge in [0.05, 0.1) is 0 Å². The van der Waals surface area contributed by atoms with Crippen LogP contribution in [0.3, 0.4) is 0 Å². The molecule has 102 valence electrons. The molecule has 0 aliphatic heterocycles. The molecule has 0 aromatic heterocycles. The number of hydrogen-bond acceptors (Lipinski definition) is 3. The van der Waals surface area contributed by atoms with Crippen molar-refractivity contribution in [1.82, 2.24) is 0 Å². The van der Waals surface area contributed by atoms with E-state index < -0.39 is 0 Å². The standard InChI is InChI=1S/C14H21NO2.ClH/c1-14(2,3)17-10-6-7-12(16)11(8-10)13(15)9-4-5-9;/h6-9,13,16H,4-5,15H2,1-3H3;1H/t13-;/m1./s1. The topological polar surface area (TPSA) is 55.5 Å². The van der Waals surface area contributed by atoms with Gasteiger partial charge in [0.25, 0.3) is 0 Å². The fourth-order valence-electron chi connectivity index (χ4n) is 1.93. The molecule has 0 bridgehead atoms. The molecule has 1 saturated carbocycles. The second-order valence-electron chi connectivity index (χ2n) is 5.80. The van der Waals surface area contributed by atoms with Crippen LogP contribution in [0.2, 0.25) is 0 Å². The predicted molar refractivity (Wildman–Crippen MR) is 75.4 cm³/mol. The highest BCUT2D eigenvalue weighted by atomic mass is 35.5. The summed E-state index contributed by atoms with van der Waals surface area (Å²) >= 11 is 0. The average Bonchev–Trinajstić information content (AvgIpc) is 3.01. The Morgan fingerprint density at radius 2 is 1.94 bits per heavy atom. The van der Waals surface area contributed by atoms with Crippen LogP contribution in [0.5, 0.6) is 11.5 Å². The van der Waals surface area contributed by atoms with Crippen molar-refractivity contribution in [3.8, 4) is 11.5 Å². The molecule has 3 N–H and O–H groups in total. The van der Waals surface area contributed by atoms with Crippen molar-refractivity contribution < 1.29 is 9.84 Å². The zero-order valence-corrected chi connectivity index (χ0v) is 12.0. The van der Waals surface area contributed by atoms with E-state index in [9.17, 15) is 5.11 Å². The molecular weight excluding hydrogens is 250 g/mol. The number of aromatic hydroxyl groups is 1. The van der Waals surface area contributed by atoms with Crippen molar-refractivity contribution in [3.05, 3.63) is 23.8 Å². The first-order chi connectivity index (χ1) is 7.87. The Bertz CT molecular complexity index is 411. The highest BCUT2D eigenvalue weighted by Gasteiger charge is 2.31. The Morgan fingerprint density at radius 3 is 2.44 bits per heavy atom. The van der Waals surface area contributed by atoms with Gasteiger partial charge in [-0.2, -0.15) is 0 Å². The van der Waals surface area contributed by atoms with Crippen LogP contribution in [0, 0.1) is 5.92 Å². The van der Waals surface area contributed by atoms with Crippen molar-refractivity contribution >= 4 is 12.4 Å². The third kappa shape index (κ3) is 3.79. The SMILES string of the molecule is CC(C)(C)Oc1ccc(O)c([C@H](N)C2CC2)c1.Cl. The van der Waals surface area contributed by atoms with Crippen LogP contribution in [-0.2, 0) is 0 Å². The fraction of sp³-hybridized carbons (Fsp3) is 0.571. The van der Waals surface area contributed by atoms with E-state index in [0.717, 1.165) is 24.2 Å². The summed E-state index contributed by atoms with van der Waals surface area (Å²) in [5, 5.41) is 9.84. The van der Waals surface area contributed by atoms with E-state index in [4.69, 9.17) is 10.5 Å². The predicted octanol–water partition coefficient (Wildman–Crippen LogP) is 3.40. The third-order valence-electron chi connectivity index (χ3n) is 2.91. The van der Waals surface area contributed by atoms with Gasteiger partial charge in [-0.1, -0.05) is 0 Å². The molecule has 0 unspecified atom stereocenters. The van der Waals surface area contributed by atoms with Gasteiger partial charge in [0.1, 0.15) is 17.1 Å². The smallest absolute Gasteiger partial charge is 0.120 e. The molecule has 0 heterocycles. The lowest BCUT2D eigenvalue weighted by molar-refractivity contribution is 0.130. The Morgan fingerprint density at radius 1 is 1.33 bits per heavy atom. The third-order valence-corrected chi connectivity index (χ3v) is 2.91.